The molecule has 0 aromatic rings. The molecule has 0 unspecified atom stereocenters. The molecule has 0 spiro atoms. The third-order valence-electron chi connectivity index (χ3n) is 2.40. The number of carbonyl (C=O) groups is 1. The number of rotatable bonds is 3. The van der Waals surface area contributed by atoms with E-state index >= 15 is 0 Å². The summed E-state index contributed by atoms with van der Waals surface area (Å²) in [6, 6.07) is 0. The molecular weight excluding hydrogens is 152 g/mol. The van der Waals surface area contributed by atoms with Gasteiger partial charge in [-0.2, -0.15) is 0 Å². The number of carbonyl (C=O) groups excluding carboxylic acids is 1. The van der Waals surface area contributed by atoms with Gasteiger partial charge in [-0.05, 0) is 12.3 Å². The number of ether oxygens (including phenoxy) is 1. The molecule has 0 N–H and O–H groups in total. The fourth-order valence-corrected chi connectivity index (χ4v) is 1.67. The van der Waals surface area contributed by atoms with E-state index in [-0.39, 0.29) is 5.97 Å². The molecule has 12 heavy (non-hydrogen) atoms. The van der Waals surface area contributed by atoms with E-state index in [2.05, 4.69) is 4.74 Å². The highest BCUT2D eigenvalue weighted by atomic mass is 16.5. The molecule has 0 saturated heterocycles. The minimum Gasteiger partial charge on any atom is -0.466 e. The zero-order chi connectivity index (χ0) is 8.81. The first-order chi connectivity index (χ1) is 5.83. The maximum atomic E-state index is 10.7. The summed E-state index contributed by atoms with van der Waals surface area (Å²) >= 11 is 0. The first kappa shape index (κ1) is 9.30. The third kappa shape index (κ3) is 3.07. The smallest absolute Gasteiger partial charge is 0.330 e. The molecule has 1 fully saturated rings. The number of hydrogen-bond acceptors (Lipinski definition) is 2. The van der Waals surface area contributed by atoms with Gasteiger partial charge in [0.05, 0.1) is 7.11 Å². The highest BCUT2D eigenvalue weighted by Gasteiger charge is 2.12. The fraction of sp³-hybridized carbons (Fsp3) is 0.700. The molecule has 0 aromatic carbocycles. The van der Waals surface area contributed by atoms with Crippen LogP contribution in [0.2, 0.25) is 0 Å². The molecule has 0 bridgehead atoms. The molecule has 0 atom stereocenters. The number of esters is 1. The van der Waals surface area contributed by atoms with Crippen LogP contribution in [-0.2, 0) is 9.53 Å². The van der Waals surface area contributed by atoms with Gasteiger partial charge in [0.15, 0.2) is 0 Å². The molecule has 0 amide bonds. The van der Waals surface area contributed by atoms with Crippen LogP contribution in [-0.4, -0.2) is 13.1 Å². The Morgan fingerprint density at radius 3 is 2.75 bits per heavy atom. The van der Waals surface area contributed by atoms with Crippen molar-refractivity contribution in [1.82, 2.24) is 0 Å². The van der Waals surface area contributed by atoms with Gasteiger partial charge in [0.25, 0.3) is 0 Å². The lowest BCUT2D eigenvalue weighted by Crippen LogP contribution is -1.95. The molecule has 1 aliphatic carbocycles. The Bertz CT molecular complexity index is 167. The SMILES string of the molecule is COC(=O)/C=C/CC1CCCC1. The largest absolute Gasteiger partial charge is 0.466 e. The second-order valence-electron chi connectivity index (χ2n) is 3.31. The second kappa shape index (κ2) is 4.96. The van der Waals surface area contributed by atoms with Crippen molar-refractivity contribution in [3.8, 4) is 0 Å². The van der Waals surface area contributed by atoms with E-state index in [9.17, 15) is 4.79 Å². The Hall–Kier alpha value is -0.790. The van der Waals surface area contributed by atoms with E-state index in [1.54, 1.807) is 0 Å². The highest BCUT2D eigenvalue weighted by Crippen LogP contribution is 2.27. The Kier molecular flexibility index (Phi) is 3.85. The van der Waals surface area contributed by atoms with Crippen molar-refractivity contribution >= 4 is 5.97 Å². The van der Waals surface area contributed by atoms with Crippen molar-refractivity contribution in [1.29, 1.82) is 0 Å². The van der Waals surface area contributed by atoms with Gasteiger partial charge in [-0.25, -0.2) is 4.79 Å². The lowest BCUT2D eigenvalue weighted by Gasteiger charge is -2.02. The number of allylic oxidation sites excluding steroid dienone is 1. The van der Waals surface area contributed by atoms with E-state index in [1.807, 2.05) is 6.08 Å². The molecule has 1 aliphatic rings. The maximum Gasteiger partial charge on any atom is 0.330 e. The van der Waals surface area contributed by atoms with Gasteiger partial charge in [0.2, 0.25) is 0 Å². The van der Waals surface area contributed by atoms with Gasteiger partial charge < -0.3 is 4.74 Å². The Morgan fingerprint density at radius 1 is 1.50 bits per heavy atom. The summed E-state index contributed by atoms with van der Waals surface area (Å²) in [5.74, 6) is 0.568. The summed E-state index contributed by atoms with van der Waals surface area (Å²) in [6.07, 6.45) is 9.86. The second-order valence-corrected chi connectivity index (χ2v) is 3.31. The van der Waals surface area contributed by atoms with E-state index in [0.717, 1.165) is 12.3 Å². The van der Waals surface area contributed by atoms with Gasteiger partial charge in [0.1, 0.15) is 0 Å². The minimum atomic E-state index is -0.243. The Labute approximate surface area is 73.6 Å². The Morgan fingerprint density at radius 2 is 2.17 bits per heavy atom. The fourth-order valence-electron chi connectivity index (χ4n) is 1.67. The van der Waals surface area contributed by atoms with Crippen LogP contribution < -0.4 is 0 Å². The van der Waals surface area contributed by atoms with Crippen LogP contribution >= 0.6 is 0 Å². The van der Waals surface area contributed by atoms with E-state index in [0.29, 0.717) is 0 Å². The van der Waals surface area contributed by atoms with Crippen molar-refractivity contribution in [3.63, 3.8) is 0 Å². The van der Waals surface area contributed by atoms with E-state index in [4.69, 9.17) is 0 Å². The zero-order valence-corrected chi connectivity index (χ0v) is 7.58. The molecule has 0 aromatic heterocycles. The summed E-state index contributed by atoms with van der Waals surface area (Å²) in [5.41, 5.74) is 0. The minimum absolute atomic E-state index is 0.243. The van der Waals surface area contributed by atoms with Crippen LogP contribution in [0.25, 0.3) is 0 Å². The molecule has 0 heterocycles. The van der Waals surface area contributed by atoms with Crippen LogP contribution in [0.3, 0.4) is 0 Å². The van der Waals surface area contributed by atoms with Crippen LogP contribution in [0.5, 0.6) is 0 Å². The lowest BCUT2D eigenvalue weighted by atomic mass is 10.0. The van der Waals surface area contributed by atoms with Crippen LogP contribution in [0, 0.1) is 5.92 Å². The van der Waals surface area contributed by atoms with Gasteiger partial charge in [-0.1, -0.05) is 31.8 Å². The number of methoxy groups -OCH3 is 1. The van der Waals surface area contributed by atoms with Crippen molar-refractivity contribution in [3.05, 3.63) is 12.2 Å². The van der Waals surface area contributed by atoms with Crippen molar-refractivity contribution in [2.24, 2.45) is 5.92 Å². The molecule has 1 saturated carbocycles. The topological polar surface area (TPSA) is 26.3 Å². The first-order valence-corrected chi connectivity index (χ1v) is 4.57. The van der Waals surface area contributed by atoms with Crippen molar-refractivity contribution in [2.75, 3.05) is 7.11 Å². The van der Waals surface area contributed by atoms with E-state index in [1.165, 1.54) is 38.9 Å². The Balaban J connectivity index is 2.15. The molecular formula is C10H16O2. The first-order valence-electron chi connectivity index (χ1n) is 4.57. The van der Waals surface area contributed by atoms with Crippen LogP contribution in [0.1, 0.15) is 32.1 Å². The van der Waals surface area contributed by atoms with Crippen LogP contribution in [0.4, 0.5) is 0 Å². The number of hydrogen-bond donors (Lipinski definition) is 0. The molecule has 68 valence electrons. The van der Waals surface area contributed by atoms with Gasteiger partial charge in [0, 0.05) is 6.08 Å². The summed E-state index contributed by atoms with van der Waals surface area (Å²) < 4.78 is 4.49. The van der Waals surface area contributed by atoms with E-state index < -0.39 is 0 Å². The summed E-state index contributed by atoms with van der Waals surface area (Å²) in [7, 11) is 1.41. The van der Waals surface area contributed by atoms with Crippen molar-refractivity contribution in [2.45, 2.75) is 32.1 Å². The average molecular weight is 168 g/mol. The monoisotopic (exact) mass is 168 g/mol. The predicted octanol–water partition coefficient (Wildman–Crippen LogP) is 2.30. The standard InChI is InChI=1S/C10H16O2/c1-12-10(11)8-4-7-9-5-2-3-6-9/h4,8-9H,2-3,5-7H2,1H3/b8-4+. The normalized spacial score (nSPS) is 18.8. The summed E-state index contributed by atoms with van der Waals surface area (Å²) in [4.78, 5) is 10.7. The summed E-state index contributed by atoms with van der Waals surface area (Å²) in [5, 5.41) is 0. The quantitative estimate of drug-likeness (QED) is 0.477. The third-order valence-corrected chi connectivity index (χ3v) is 2.40. The van der Waals surface area contributed by atoms with Gasteiger partial charge >= 0.3 is 5.97 Å². The predicted molar refractivity (Wildman–Crippen MR) is 47.7 cm³/mol. The zero-order valence-electron chi connectivity index (χ0n) is 7.58. The molecule has 1 rings (SSSR count). The maximum absolute atomic E-state index is 10.7. The van der Waals surface area contributed by atoms with Crippen molar-refractivity contribution < 1.29 is 9.53 Å². The average Bonchev–Trinajstić information content (AvgIpc) is 2.57. The molecule has 0 radical (unpaired) electrons. The molecule has 2 heteroatoms. The molecule has 2 nitrogen and oxygen atoms in total. The lowest BCUT2D eigenvalue weighted by molar-refractivity contribution is -0.134. The highest BCUT2D eigenvalue weighted by molar-refractivity contribution is 5.81. The van der Waals surface area contributed by atoms with Gasteiger partial charge in [-0.15, -0.1) is 0 Å². The van der Waals surface area contributed by atoms with Crippen LogP contribution in [0.15, 0.2) is 12.2 Å². The summed E-state index contributed by atoms with van der Waals surface area (Å²) in [6.45, 7) is 0. The molecule has 0 aliphatic heterocycles. The van der Waals surface area contributed by atoms with Gasteiger partial charge in [-0.3, -0.25) is 0 Å².